The van der Waals surface area contributed by atoms with Crippen LogP contribution in [0.25, 0.3) is 0 Å². The van der Waals surface area contributed by atoms with Gasteiger partial charge in [0.1, 0.15) is 10.7 Å². The molecule has 0 radical (unpaired) electrons. The average Bonchev–Trinajstić information content (AvgIpc) is 2.67. The van der Waals surface area contributed by atoms with Crippen molar-refractivity contribution in [1.29, 1.82) is 0 Å². The normalized spacial score (nSPS) is 11.4. The fraction of sp³-hybridized carbons (Fsp3) is 0. The third-order valence-electron chi connectivity index (χ3n) is 1.90. The Morgan fingerprint density at radius 1 is 1.35 bits per heavy atom. The zero-order valence-electron chi connectivity index (χ0n) is 8.31. The van der Waals surface area contributed by atoms with E-state index in [0.29, 0.717) is 0 Å². The molecule has 0 amide bonds. The number of halogens is 2. The van der Waals surface area contributed by atoms with Crippen LogP contribution >= 0.6 is 11.6 Å². The number of hydrogen-bond acceptors (Lipinski definition) is 3. The minimum absolute atomic E-state index is 0.0436. The van der Waals surface area contributed by atoms with Crippen LogP contribution in [0.15, 0.2) is 35.5 Å². The van der Waals surface area contributed by atoms with E-state index in [1.54, 1.807) is 0 Å². The lowest BCUT2D eigenvalue weighted by atomic mass is 10.3. The minimum Gasteiger partial charge on any atom is -0.284 e. The molecule has 1 aromatic heterocycles. The van der Waals surface area contributed by atoms with E-state index in [-0.39, 0.29) is 15.6 Å². The van der Waals surface area contributed by atoms with E-state index in [2.05, 4.69) is 14.9 Å². The molecule has 2 aromatic rings. The maximum atomic E-state index is 13.0. The smallest absolute Gasteiger partial charge is 0.265 e. The second kappa shape index (κ2) is 4.34. The number of H-pyrrole nitrogens is 1. The Balaban J connectivity index is 2.33. The van der Waals surface area contributed by atoms with Gasteiger partial charge in [0.15, 0.2) is 0 Å². The molecular formula is C9H7ClFN3O2S. The second-order valence-corrected chi connectivity index (χ2v) is 5.32. The molecule has 90 valence electrons. The van der Waals surface area contributed by atoms with Gasteiger partial charge in [-0.2, -0.15) is 5.10 Å². The van der Waals surface area contributed by atoms with Crippen molar-refractivity contribution in [2.75, 3.05) is 4.72 Å². The quantitative estimate of drug-likeness (QED) is 0.900. The van der Waals surface area contributed by atoms with Crippen LogP contribution in [-0.2, 0) is 10.0 Å². The van der Waals surface area contributed by atoms with Crippen LogP contribution in [0.3, 0.4) is 0 Å². The van der Waals surface area contributed by atoms with Gasteiger partial charge in [0.05, 0.1) is 11.9 Å². The van der Waals surface area contributed by atoms with E-state index in [0.717, 1.165) is 18.3 Å². The molecule has 1 heterocycles. The van der Waals surface area contributed by atoms with Gasteiger partial charge in [0.2, 0.25) is 0 Å². The Labute approximate surface area is 102 Å². The monoisotopic (exact) mass is 275 g/mol. The van der Waals surface area contributed by atoms with Crippen molar-refractivity contribution in [3.63, 3.8) is 0 Å². The number of aromatic amines is 1. The molecule has 0 atom stereocenters. The lowest BCUT2D eigenvalue weighted by Crippen LogP contribution is -2.12. The topological polar surface area (TPSA) is 74.8 Å². The molecule has 0 aliphatic heterocycles. The number of nitrogens with one attached hydrogen (secondary N) is 2. The van der Waals surface area contributed by atoms with Crippen LogP contribution in [0.4, 0.5) is 10.1 Å². The first-order valence-electron chi connectivity index (χ1n) is 4.45. The third kappa shape index (κ3) is 2.75. The third-order valence-corrected chi connectivity index (χ3v) is 3.46. The molecule has 0 bridgehead atoms. The second-order valence-electron chi connectivity index (χ2n) is 3.20. The van der Waals surface area contributed by atoms with E-state index in [1.807, 2.05) is 0 Å². The summed E-state index contributed by atoms with van der Waals surface area (Å²) in [6, 6.07) is 3.42. The van der Waals surface area contributed by atoms with Gasteiger partial charge < -0.3 is 0 Å². The van der Waals surface area contributed by atoms with Gasteiger partial charge in [-0.15, -0.1) is 0 Å². The predicted octanol–water partition coefficient (Wildman–Crippen LogP) is 2.00. The molecule has 2 N–H and O–H groups in total. The summed E-state index contributed by atoms with van der Waals surface area (Å²) in [5, 5.41) is 6.00. The summed E-state index contributed by atoms with van der Waals surface area (Å²) in [4.78, 5) is -0.0436. The highest BCUT2D eigenvalue weighted by Gasteiger charge is 2.15. The summed E-state index contributed by atoms with van der Waals surface area (Å²) in [6.45, 7) is 0. The Morgan fingerprint density at radius 3 is 2.71 bits per heavy atom. The number of hydrogen-bond donors (Lipinski definition) is 2. The van der Waals surface area contributed by atoms with Crippen molar-refractivity contribution in [3.8, 4) is 0 Å². The molecule has 0 spiro atoms. The Bertz CT molecular complexity index is 607. The maximum absolute atomic E-state index is 13.0. The van der Waals surface area contributed by atoms with Crippen LogP contribution in [0.5, 0.6) is 0 Å². The van der Waals surface area contributed by atoms with Crippen LogP contribution in [-0.4, -0.2) is 18.6 Å². The van der Waals surface area contributed by atoms with Crippen molar-refractivity contribution >= 4 is 27.3 Å². The highest BCUT2D eigenvalue weighted by atomic mass is 35.5. The minimum atomic E-state index is -3.77. The molecule has 0 fully saturated rings. The standard InChI is InChI=1S/C9H7ClFN3O2S/c10-6-1-7(11)3-8(2-6)14-17(15,16)9-4-12-13-5-9/h1-5,14H,(H,12,13). The molecule has 0 saturated heterocycles. The molecule has 2 rings (SSSR count). The first kappa shape index (κ1) is 11.9. The van der Waals surface area contributed by atoms with Gasteiger partial charge in [-0.05, 0) is 18.2 Å². The number of nitrogens with zero attached hydrogens (tertiary/aromatic N) is 1. The average molecular weight is 276 g/mol. The van der Waals surface area contributed by atoms with Gasteiger partial charge in [0.25, 0.3) is 10.0 Å². The Kier molecular flexibility index (Phi) is 3.03. The molecule has 17 heavy (non-hydrogen) atoms. The summed E-state index contributed by atoms with van der Waals surface area (Å²) in [5.41, 5.74) is 0.0520. The fourth-order valence-corrected chi connectivity index (χ4v) is 2.38. The zero-order valence-corrected chi connectivity index (χ0v) is 9.89. The van der Waals surface area contributed by atoms with Crippen molar-refractivity contribution in [2.45, 2.75) is 4.90 Å². The fourth-order valence-electron chi connectivity index (χ4n) is 1.21. The predicted molar refractivity (Wildman–Crippen MR) is 60.8 cm³/mol. The van der Waals surface area contributed by atoms with E-state index in [9.17, 15) is 12.8 Å². The van der Waals surface area contributed by atoms with Gasteiger partial charge in [-0.25, -0.2) is 12.8 Å². The largest absolute Gasteiger partial charge is 0.284 e. The van der Waals surface area contributed by atoms with E-state index in [1.165, 1.54) is 12.3 Å². The summed E-state index contributed by atoms with van der Waals surface area (Å²) >= 11 is 5.61. The first-order chi connectivity index (χ1) is 7.97. The van der Waals surface area contributed by atoms with Gasteiger partial charge in [-0.1, -0.05) is 11.6 Å². The zero-order chi connectivity index (χ0) is 12.5. The molecular weight excluding hydrogens is 269 g/mol. The van der Waals surface area contributed by atoms with E-state index >= 15 is 0 Å². The highest BCUT2D eigenvalue weighted by Crippen LogP contribution is 2.20. The first-order valence-corrected chi connectivity index (χ1v) is 6.31. The molecule has 0 aliphatic rings. The van der Waals surface area contributed by atoms with E-state index < -0.39 is 15.8 Å². The number of sulfonamides is 1. The number of benzene rings is 1. The maximum Gasteiger partial charge on any atom is 0.265 e. The number of aromatic nitrogens is 2. The summed E-state index contributed by atoms with van der Waals surface area (Å²) in [7, 11) is -3.77. The summed E-state index contributed by atoms with van der Waals surface area (Å²) in [6.07, 6.45) is 2.35. The number of anilines is 1. The molecule has 1 aromatic carbocycles. The van der Waals surface area contributed by atoms with Crippen LogP contribution in [0.1, 0.15) is 0 Å². The van der Waals surface area contributed by atoms with Crippen LogP contribution in [0, 0.1) is 5.82 Å². The summed E-state index contributed by atoms with van der Waals surface area (Å²) < 4.78 is 38.7. The molecule has 8 heteroatoms. The Morgan fingerprint density at radius 2 is 2.12 bits per heavy atom. The Hall–Kier alpha value is -1.60. The van der Waals surface area contributed by atoms with Gasteiger partial charge in [0, 0.05) is 11.2 Å². The van der Waals surface area contributed by atoms with Crippen molar-refractivity contribution < 1.29 is 12.8 Å². The van der Waals surface area contributed by atoms with Crippen molar-refractivity contribution in [2.24, 2.45) is 0 Å². The van der Waals surface area contributed by atoms with Crippen molar-refractivity contribution in [3.05, 3.63) is 41.4 Å². The number of rotatable bonds is 3. The van der Waals surface area contributed by atoms with Gasteiger partial charge >= 0.3 is 0 Å². The molecule has 5 nitrogen and oxygen atoms in total. The van der Waals surface area contributed by atoms with Crippen LogP contribution in [0.2, 0.25) is 5.02 Å². The van der Waals surface area contributed by atoms with Crippen LogP contribution < -0.4 is 4.72 Å². The highest BCUT2D eigenvalue weighted by molar-refractivity contribution is 7.92. The lowest BCUT2D eigenvalue weighted by Gasteiger charge is -2.06. The van der Waals surface area contributed by atoms with Crippen molar-refractivity contribution in [1.82, 2.24) is 10.2 Å². The van der Waals surface area contributed by atoms with E-state index in [4.69, 9.17) is 11.6 Å². The lowest BCUT2D eigenvalue weighted by molar-refractivity contribution is 0.601. The molecule has 0 aliphatic carbocycles. The van der Waals surface area contributed by atoms with Gasteiger partial charge in [-0.3, -0.25) is 9.82 Å². The molecule has 0 unspecified atom stereocenters. The SMILES string of the molecule is O=S(=O)(Nc1cc(F)cc(Cl)c1)c1cn[nH]c1. The summed E-state index contributed by atoms with van der Waals surface area (Å²) in [5.74, 6) is -0.623. The molecule has 0 saturated carbocycles.